The van der Waals surface area contributed by atoms with E-state index in [1.54, 1.807) is 13.0 Å². The molecule has 0 radical (unpaired) electrons. The van der Waals surface area contributed by atoms with Crippen molar-refractivity contribution < 1.29 is 19.1 Å². The smallest absolute Gasteiger partial charge is 0.328 e. The van der Waals surface area contributed by atoms with E-state index in [4.69, 9.17) is 9.47 Å². The maximum absolute atomic E-state index is 12.7. The third-order valence-corrected chi connectivity index (χ3v) is 6.24. The van der Waals surface area contributed by atoms with Crippen molar-refractivity contribution in [1.82, 2.24) is 5.32 Å². The molecular weight excluding hydrogens is 386 g/mol. The molecule has 1 aromatic heterocycles. The van der Waals surface area contributed by atoms with Gasteiger partial charge < -0.3 is 14.8 Å². The van der Waals surface area contributed by atoms with Crippen LogP contribution in [0.15, 0.2) is 42.5 Å². The minimum atomic E-state index is -0.586. The van der Waals surface area contributed by atoms with Crippen LogP contribution in [0.4, 0.5) is 0 Å². The predicted octanol–water partition coefficient (Wildman–Crippen LogP) is 4.96. The number of para-hydroxylation sites is 1. The first-order valence-electron chi connectivity index (χ1n) is 10.4. The third kappa shape index (κ3) is 6.60. The largest absolute Gasteiger partial charge is 0.488 e. The van der Waals surface area contributed by atoms with E-state index in [9.17, 15) is 9.59 Å². The molecule has 1 fully saturated rings. The summed E-state index contributed by atoms with van der Waals surface area (Å²) in [6, 6.07) is 12.7. The van der Waals surface area contributed by atoms with Crippen LogP contribution < -0.4 is 10.1 Å². The van der Waals surface area contributed by atoms with Crippen LogP contribution in [0.25, 0.3) is 0 Å². The summed E-state index contributed by atoms with van der Waals surface area (Å²) in [7, 11) is 0. The summed E-state index contributed by atoms with van der Waals surface area (Å²) in [4.78, 5) is 26.7. The SMILES string of the molecule is CCOC(=O)C(CC1CCCCC1)NC(=O)c1ccc(COc2ccccc2)s1. The molecule has 3 rings (SSSR count). The molecule has 1 amide bonds. The summed E-state index contributed by atoms with van der Waals surface area (Å²) in [6.45, 7) is 2.51. The van der Waals surface area contributed by atoms with Gasteiger partial charge in [0.25, 0.3) is 5.91 Å². The first kappa shape index (κ1) is 21.4. The molecule has 1 aliphatic rings. The van der Waals surface area contributed by atoms with Crippen LogP contribution in [0.1, 0.15) is 60.0 Å². The lowest BCUT2D eigenvalue weighted by molar-refractivity contribution is -0.146. The van der Waals surface area contributed by atoms with Gasteiger partial charge in [-0.25, -0.2) is 4.79 Å². The molecule has 1 saturated carbocycles. The maximum atomic E-state index is 12.7. The van der Waals surface area contributed by atoms with Crippen LogP contribution in [0.2, 0.25) is 0 Å². The van der Waals surface area contributed by atoms with Crippen molar-refractivity contribution in [3.8, 4) is 5.75 Å². The number of rotatable bonds is 9. The standard InChI is InChI=1S/C23H29NO4S/c1-2-27-23(26)20(15-17-9-5-3-6-10-17)24-22(25)21-14-13-19(29-21)16-28-18-11-7-4-8-12-18/h4,7-8,11-14,17,20H,2-3,5-6,9-10,15-16H2,1H3,(H,24,25). The van der Waals surface area contributed by atoms with Crippen molar-refractivity contribution in [2.24, 2.45) is 5.92 Å². The van der Waals surface area contributed by atoms with Crippen molar-refractivity contribution in [1.29, 1.82) is 0 Å². The number of esters is 1. The van der Waals surface area contributed by atoms with Gasteiger partial charge in [-0.05, 0) is 43.5 Å². The van der Waals surface area contributed by atoms with Crippen LogP contribution in [0.5, 0.6) is 5.75 Å². The molecule has 0 spiro atoms. The van der Waals surface area contributed by atoms with Crippen molar-refractivity contribution in [2.75, 3.05) is 6.61 Å². The summed E-state index contributed by atoms with van der Waals surface area (Å²) >= 11 is 1.38. The predicted molar refractivity (Wildman–Crippen MR) is 114 cm³/mol. The lowest BCUT2D eigenvalue weighted by Gasteiger charge is -2.26. The first-order chi connectivity index (χ1) is 14.2. The highest BCUT2D eigenvalue weighted by atomic mass is 32.1. The number of thiophene rings is 1. The summed E-state index contributed by atoms with van der Waals surface area (Å²) in [5.74, 6) is 0.698. The zero-order valence-electron chi connectivity index (χ0n) is 16.9. The Morgan fingerprint density at radius 3 is 2.59 bits per heavy atom. The second kappa shape index (κ2) is 11.0. The molecule has 5 nitrogen and oxygen atoms in total. The average molecular weight is 416 g/mol. The fraction of sp³-hybridized carbons (Fsp3) is 0.478. The zero-order valence-corrected chi connectivity index (χ0v) is 17.7. The number of ether oxygens (including phenoxy) is 2. The lowest BCUT2D eigenvalue weighted by atomic mass is 9.85. The van der Waals surface area contributed by atoms with Gasteiger partial charge in [-0.2, -0.15) is 0 Å². The molecule has 1 aromatic carbocycles. The van der Waals surface area contributed by atoms with E-state index in [0.717, 1.165) is 23.5 Å². The second-order valence-electron chi connectivity index (χ2n) is 7.39. The number of amides is 1. The van der Waals surface area contributed by atoms with E-state index in [0.29, 0.717) is 30.4 Å². The highest BCUT2D eigenvalue weighted by molar-refractivity contribution is 7.14. The Balaban J connectivity index is 1.58. The molecule has 29 heavy (non-hydrogen) atoms. The monoisotopic (exact) mass is 415 g/mol. The van der Waals surface area contributed by atoms with Crippen LogP contribution in [-0.4, -0.2) is 24.5 Å². The minimum Gasteiger partial charge on any atom is -0.488 e. The molecule has 1 aliphatic carbocycles. The maximum Gasteiger partial charge on any atom is 0.328 e. The molecule has 2 aromatic rings. The van der Waals surface area contributed by atoms with Crippen LogP contribution in [0, 0.1) is 5.92 Å². The van der Waals surface area contributed by atoms with Gasteiger partial charge in [-0.3, -0.25) is 4.79 Å². The molecule has 0 saturated heterocycles. The Morgan fingerprint density at radius 1 is 1.10 bits per heavy atom. The summed E-state index contributed by atoms with van der Waals surface area (Å²) < 4.78 is 10.9. The number of carbonyl (C=O) groups is 2. The van der Waals surface area contributed by atoms with Crippen LogP contribution in [0.3, 0.4) is 0 Å². The number of carbonyl (C=O) groups excluding carboxylic acids is 2. The summed E-state index contributed by atoms with van der Waals surface area (Å²) in [5.41, 5.74) is 0. The Morgan fingerprint density at radius 2 is 1.86 bits per heavy atom. The highest BCUT2D eigenvalue weighted by Crippen LogP contribution is 2.28. The molecule has 1 heterocycles. The van der Waals surface area contributed by atoms with Crippen LogP contribution in [-0.2, 0) is 16.1 Å². The van der Waals surface area contributed by atoms with Crippen molar-refractivity contribution in [3.05, 3.63) is 52.2 Å². The molecular formula is C23H29NO4S. The molecule has 0 bridgehead atoms. The molecule has 1 atom stereocenters. The zero-order chi connectivity index (χ0) is 20.5. The summed E-state index contributed by atoms with van der Waals surface area (Å²) in [5, 5.41) is 2.91. The normalized spacial score (nSPS) is 15.5. The van der Waals surface area contributed by atoms with E-state index in [1.165, 1.54) is 30.6 Å². The number of hydrogen-bond acceptors (Lipinski definition) is 5. The molecule has 6 heteroatoms. The van der Waals surface area contributed by atoms with Gasteiger partial charge in [0.1, 0.15) is 18.4 Å². The van der Waals surface area contributed by atoms with E-state index < -0.39 is 6.04 Å². The Bertz CT molecular complexity index is 783. The van der Waals surface area contributed by atoms with Gasteiger partial charge in [-0.1, -0.05) is 50.3 Å². The van der Waals surface area contributed by atoms with Crippen molar-refractivity contribution in [2.45, 2.75) is 58.1 Å². The quantitative estimate of drug-likeness (QED) is 0.588. The molecule has 1 unspecified atom stereocenters. The van der Waals surface area contributed by atoms with Gasteiger partial charge in [0.15, 0.2) is 0 Å². The van der Waals surface area contributed by atoms with Crippen LogP contribution >= 0.6 is 11.3 Å². The van der Waals surface area contributed by atoms with Gasteiger partial charge in [0.05, 0.1) is 11.5 Å². The topological polar surface area (TPSA) is 64.6 Å². The average Bonchev–Trinajstić information content (AvgIpc) is 3.23. The molecule has 0 aliphatic heterocycles. The minimum absolute atomic E-state index is 0.227. The Labute approximate surface area is 176 Å². The third-order valence-electron chi connectivity index (χ3n) is 5.18. The Kier molecular flexibility index (Phi) is 8.11. The molecule has 1 N–H and O–H groups in total. The fourth-order valence-electron chi connectivity index (χ4n) is 3.69. The van der Waals surface area contributed by atoms with E-state index in [1.807, 2.05) is 36.4 Å². The van der Waals surface area contributed by atoms with Gasteiger partial charge >= 0.3 is 5.97 Å². The summed E-state index contributed by atoms with van der Waals surface area (Å²) in [6.07, 6.45) is 6.54. The van der Waals surface area contributed by atoms with Gasteiger partial charge in [-0.15, -0.1) is 11.3 Å². The fourth-order valence-corrected chi connectivity index (χ4v) is 4.52. The van der Waals surface area contributed by atoms with Gasteiger partial charge in [0, 0.05) is 4.88 Å². The number of benzene rings is 1. The number of hydrogen-bond donors (Lipinski definition) is 1. The van der Waals surface area contributed by atoms with E-state index in [2.05, 4.69) is 5.32 Å². The van der Waals surface area contributed by atoms with Crippen molar-refractivity contribution >= 4 is 23.2 Å². The number of nitrogens with one attached hydrogen (secondary N) is 1. The Hall–Kier alpha value is -2.34. The van der Waals surface area contributed by atoms with E-state index in [-0.39, 0.29) is 11.9 Å². The first-order valence-corrected chi connectivity index (χ1v) is 11.2. The second-order valence-corrected chi connectivity index (χ2v) is 8.55. The van der Waals surface area contributed by atoms with Crippen molar-refractivity contribution in [3.63, 3.8) is 0 Å². The molecule has 156 valence electrons. The van der Waals surface area contributed by atoms with Gasteiger partial charge in [0.2, 0.25) is 0 Å². The lowest BCUT2D eigenvalue weighted by Crippen LogP contribution is -2.43. The van der Waals surface area contributed by atoms with E-state index >= 15 is 0 Å². The highest BCUT2D eigenvalue weighted by Gasteiger charge is 2.27.